The molecule has 2 radical (unpaired) electrons. The van der Waals surface area contributed by atoms with E-state index in [9.17, 15) is 9.90 Å². The van der Waals surface area contributed by atoms with Crippen molar-refractivity contribution in [3.05, 3.63) is 39.9 Å². The number of amides is 1. The van der Waals surface area contributed by atoms with E-state index < -0.39 is 0 Å². The van der Waals surface area contributed by atoms with Crippen LogP contribution in [0.4, 0.5) is 10.8 Å². The van der Waals surface area contributed by atoms with E-state index in [1.165, 1.54) is 11.3 Å². The first-order valence-corrected chi connectivity index (χ1v) is 8.55. The van der Waals surface area contributed by atoms with Gasteiger partial charge in [-0.3, -0.25) is 4.79 Å². The number of nitrogens with two attached hydrogens (primary N) is 1. The maximum atomic E-state index is 12.4. The number of aromatic hydroxyl groups is 1. The van der Waals surface area contributed by atoms with Crippen LogP contribution >= 0.6 is 27.3 Å². The molecule has 0 fully saturated rings. The van der Waals surface area contributed by atoms with E-state index in [2.05, 4.69) is 26.2 Å². The Labute approximate surface area is 150 Å². The Morgan fingerprint density at radius 3 is 2.92 bits per heavy atom. The molecule has 5 nitrogen and oxygen atoms in total. The summed E-state index contributed by atoms with van der Waals surface area (Å²) in [5, 5.41) is 13.0. The lowest BCUT2D eigenvalue weighted by Gasteiger charge is -2.05. The third kappa shape index (κ3) is 2.30. The Morgan fingerprint density at radius 1 is 1.38 bits per heavy atom. The number of hydrogen-bond acceptors (Lipinski definition) is 5. The van der Waals surface area contributed by atoms with Gasteiger partial charge in [-0.15, -0.1) is 0 Å². The monoisotopic (exact) mass is 397 g/mol. The van der Waals surface area contributed by atoms with Crippen LogP contribution in [0.15, 0.2) is 28.7 Å². The summed E-state index contributed by atoms with van der Waals surface area (Å²) >= 11 is 4.62. The summed E-state index contributed by atoms with van der Waals surface area (Å²) in [7, 11) is 5.78. The largest absolute Gasteiger partial charge is 0.507 e. The molecule has 116 valence electrons. The number of carbonyl (C=O) groups excluding carboxylic acids is 1. The first kappa shape index (κ1) is 15.2. The maximum Gasteiger partial charge on any atom is 0.256 e. The molecular weight excluding hydrogens is 389 g/mol. The molecule has 1 aliphatic rings. The highest BCUT2D eigenvalue weighted by atomic mass is 79.9. The van der Waals surface area contributed by atoms with Crippen molar-refractivity contribution in [2.24, 2.45) is 0 Å². The van der Waals surface area contributed by atoms with Gasteiger partial charge in [0.05, 0.1) is 25.9 Å². The van der Waals surface area contributed by atoms with Gasteiger partial charge in [-0.2, -0.15) is 0 Å². The number of hydrogen-bond donors (Lipinski definition) is 3. The van der Waals surface area contributed by atoms with Crippen LogP contribution in [0.5, 0.6) is 5.75 Å². The molecule has 4 N–H and O–H groups in total. The molecule has 4 rings (SSSR count). The predicted molar refractivity (Wildman–Crippen MR) is 102 cm³/mol. The SMILES string of the molecule is [B]c1cc(/C=C2\C(=O)Nc3ccc4sc(N)nc4c32)cc(Br)c1O. The summed E-state index contributed by atoms with van der Waals surface area (Å²) in [4.78, 5) is 16.7. The second-order valence-corrected chi connectivity index (χ2v) is 7.26. The van der Waals surface area contributed by atoms with Gasteiger partial charge in [0.25, 0.3) is 5.91 Å². The number of fused-ring (bicyclic) bond motifs is 3. The van der Waals surface area contributed by atoms with E-state index in [1.807, 2.05) is 12.1 Å². The Kier molecular flexibility index (Phi) is 3.40. The smallest absolute Gasteiger partial charge is 0.256 e. The fourth-order valence-corrected chi connectivity index (χ4v) is 3.96. The number of thiazole rings is 1. The number of aromatic nitrogens is 1. The summed E-state index contributed by atoms with van der Waals surface area (Å²) < 4.78 is 1.38. The van der Waals surface area contributed by atoms with E-state index in [-0.39, 0.29) is 17.1 Å². The predicted octanol–water partition coefficient (Wildman–Crippen LogP) is 2.63. The summed E-state index contributed by atoms with van der Waals surface area (Å²) in [5.74, 6) is -0.241. The number of nitrogens with zero attached hydrogens (tertiary/aromatic N) is 1. The highest BCUT2D eigenvalue weighted by Crippen LogP contribution is 2.40. The van der Waals surface area contributed by atoms with Crippen LogP contribution in [0.1, 0.15) is 11.1 Å². The van der Waals surface area contributed by atoms with Gasteiger partial charge in [-0.25, -0.2) is 4.98 Å². The number of nitrogen functional groups attached to an aromatic ring is 1. The highest BCUT2D eigenvalue weighted by molar-refractivity contribution is 9.10. The third-order valence-corrected chi connectivity index (χ3v) is 5.22. The Balaban J connectivity index is 1.95. The number of anilines is 2. The molecule has 0 unspecified atom stereocenters. The van der Waals surface area contributed by atoms with Crippen LogP contribution in [0.2, 0.25) is 0 Å². The molecule has 0 aliphatic carbocycles. The van der Waals surface area contributed by atoms with Crippen molar-refractivity contribution in [1.29, 1.82) is 0 Å². The number of phenols is 1. The minimum absolute atomic E-state index is 0.0249. The van der Waals surface area contributed by atoms with Gasteiger partial charge < -0.3 is 16.2 Å². The number of halogens is 1. The lowest BCUT2D eigenvalue weighted by atomic mass is 9.92. The average Bonchev–Trinajstić information content (AvgIpc) is 3.04. The number of benzene rings is 2. The molecule has 2 heterocycles. The molecule has 1 amide bonds. The molecule has 24 heavy (non-hydrogen) atoms. The molecule has 0 saturated heterocycles. The third-order valence-electron chi connectivity index (χ3n) is 3.77. The van der Waals surface area contributed by atoms with Gasteiger partial charge in [-0.05, 0) is 45.8 Å². The van der Waals surface area contributed by atoms with E-state index in [1.54, 1.807) is 18.2 Å². The number of rotatable bonds is 1. The van der Waals surface area contributed by atoms with Gasteiger partial charge in [0.1, 0.15) is 13.6 Å². The molecule has 2 aromatic carbocycles. The number of nitrogens with one attached hydrogen (secondary N) is 1. The molecule has 1 aromatic heterocycles. The van der Waals surface area contributed by atoms with Crippen LogP contribution in [0.25, 0.3) is 21.9 Å². The van der Waals surface area contributed by atoms with Gasteiger partial charge >= 0.3 is 0 Å². The lowest BCUT2D eigenvalue weighted by Crippen LogP contribution is -2.05. The second kappa shape index (κ2) is 5.36. The van der Waals surface area contributed by atoms with Crippen molar-refractivity contribution in [1.82, 2.24) is 4.98 Å². The maximum absolute atomic E-state index is 12.4. The molecule has 0 spiro atoms. The first-order valence-electron chi connectivity index (χ1n) is 6.94. The quantitative estimate of drug-likeness (QED) is 0.435. The summed E-state index contributed by atoms with van der Waals surface area (Å²) in [6.07, 6.45) is 1.72. The normalized spacial score (nSPS) is 15.0. The zero-order chi connectivity index (χ0) is 17.0. The van der Waals surface area contributed by atoms with Gasteiger partial charge in [0.2, 0.25) is 0 Å². The number of carbonyl (C=O) groups is 1. The Hall–Kier alpha value is -2.32. The highest BCUT2D eigenvalue weighted by Gasteiger charge is 2.27. The average molecular weight is 398 g/mol. The molecule has 0 saturated carbocycles. The fourth-order valence-electron chi connectivity index (χ4n) is 2.72. The van der Waals surface area contributed by atoms with Crippen molar-refractivity contribution < 1.29 is 9.90 Å². The molecule has 0 atom stereocenters. The van der Waals surface area contributed by atoms with Crippen molar-refractivity contribution in [2.45, 2.75) is 0 Å². The Bertz CT molecular complexity index is 1040. The van der Waals surface area contributed by atoms with Crippen molar-refractivity contribution in [3.63, 3.8) is 0 Å². The second-order valence-electron chi connectivity index (χ2n) is 5.34. The van der Waals surface area contributed by atoms with Gasteiger partial charge in [0.15, 0.2) is 5.13 Å². The lowest BCUT2D eigenvalue weighted by molar-refractivity contribution is -0.110. The minimum atomic E-state index is -0.216. The Morgan fingerprint density at radius 2 is 2.17 bits per heavy atom. The minimum Gasteiger partial charge on any atom is -0.507 e. The number of phenolic OH excluding ortho intramolecular Hbond substituents is 1. The molecule has 3 aromatic rings. The van der Waals surface area contributed by atoms with Crippen LogP contribution in [-0.2, 0) is 4.79 Å². The van der Waals surface area contributed by atoms with E-state index in [0.29, 0.717) is 31.9 Å². The summed E-state index contributed by atoms with van der Waals surface area (Å²) in [5.41, 5.74) is 9.34. The van der Waals surface area contributed by atoms with Crippen molar-refractivity contribution in [2.75, 3.05) is 11.1 Å². The molecular formula is C16H9BBrN3O2S. The fraction of sp³-hybridized carbons (Fsp3) is 0. The zero-order valence-corrected chi connectivity index (χ0v) is 14.5. The topological polar surface area (TPSA) is 88.2 Å². The first-order chi connectivity index (χ1) is 11.4. The van der Waals surface area contributed by atoms with Crippen molar-refractivity contribution >= 4 is 79.2 Å². The van der Waals surface area contributed by atoms with Crippen LogP contribution in [0.3, 0.4) is 0 Å². The standard InChI is InChI=1S/C16H9BBrN3O2S/c17-8-4-6(5-9(18)14(8)22)3-7-12-10(20-15(7)23)1-2-11-13(12)21-16(19)24-11/h1-5,22H,(H2,19,21)(H,20,23)/b7-3-. The van der Waals surface area contributed by atoms with Gasteiger partial charge in [0, 0.05) is 5.56 Å². The zero-order valence-electron chi connectivity index (χ0n) is 12.1. The van der Waals surface area contributed by atoms with E-state index >= 15 is 0 Å². The van der Waals surface area contributed by atoms with Crippen LogP contribution in [0, 0.1) is 0 Å². The van der Waals surface area contributed by atoms with Crippen LogP contribution in [-0.4, -0.2) is 23.8 Å². The van der Waals surface area contributed by atoms with Crippen molar-refractivity contribution in [3.8, 4) is 5.75 Å². The molecule has 8 heteroatoms. The van der Waals surface area contributed by atoms with Crippen LogP contribution < -0.4 is 16.5 Å². The summed E-state index contributed by atoms with van der Waals surface area (Å²) in [6, 6.07) is 7.03. The molecule has 0 bridgehead atoms. The summed E-state index contributed by atoms with van der Waals surface area (Å²) in [6.45, 7) is 0. The van der Waals surface area contributed by atoms with E-state index in [0.717, 1.165) is 10.3 Å². The van der Waals surface area contributed by atoms with E-state index in [4.69, 9.17) is 13.6 Å². The molecule has 1 aliphatic heterocycles. The van der Waals surface area contributed by atoms with Gasteiger partial charge in [-0.1, -0.05) is 22.9 Å².